The van der Waals surface area contributed by atoms with Crippen molar-refractivity contribution < 1.29 is 4.74 Å². The third kappa shape index (κ3) is 6.07. The Morgan fingerprint density at radius 3 is 2.78 bits per heavy atom. The molecule has 3 heterocycles. The van der Waals surface area contributed by atoms with Crippen molar-refractivity contribution in [2.45, 2.75) is 27.1 Å². The standard InChI is InChI=1S/C27H31ClN8O/c1-17(2)14-30-22-13-20(6-4-18(22)3)37-24-7-5-19(12-21(24)28)34-26-25-23(32-16-33-26)15-31-27(35-25)36-10-8-29-9-11-36/h4-7,12-17,27,29,35H,8-11H2,1-3H3,(H,32,33,34). The average Bonchev–Trinajstić information content (AvgIpc) is 2.91. The van der Waals surface area contributed by atoms with Crippen LogP contribution in [0.3, 0.4) is 0 Å². The number of anilines is 3. The van der Waals surface area contributed by atoms with Crippen LogP contribution >= 0.6 is 11.6 Å². The zero-order valence-corrected chi connectivity index (χ0v) is 22.0. The number of ether oxygens (including phenoxy) is 1. The first-order valence-electron chi connectivity index (χ1n) is 12.4. The van der Waals surface area contributed by atoms with Crippen LogP contribution in [-0.2, 0) is 0 Å². The minimum absolute atomic E-state index is 0.148. The number of hydrogen-bond donors (Lipinski definition) is 3. The second-order valence-corrected chi connectivity index (χ2v) is 9.81. The summed E-state index contributed by atoms with van der Waals surface area (Å²) in [7, 11) is 0. The van der Waals surface area contributed by atoms with Gasteiger partial charge in [0.1, 0.15) is 29.2 Å². The van der Waals surface area contributed by atoms with E-state index in [1.807, 2.05) is 49.5 Å². The maximum atomic E-state index is 6.61. The predicted molar refractivity (Wildman–Crippen MR) is 150 cm³/mol. The number of hydrogen-bond acceptors (Lipinski definition) is 9. The van der Waals surface area contributed by atoms with Crippen LogP contribution in [0.2, 0.25) is 5.02 Å². The van der Waals surface area contributed by atoms with E-state index in [0.717, 1.165) is 54.5 Å². The van der Waals surface area contributed by atoms with Gasteiger partial charge < -0.3 is 20.7 Å². The Hall–Kier alpha value is -3.53. The van der Waals surface area contributed by atoms with Gasteiger partial charge >= 0.3 is 0 Å². The molecular weight excluding hydrogens is 488 g/mol. The van der Waals surface area contributed by atoms with Crippen molar-refractivity contribution in [3.63, 3.8) is 0 Å². The fourth-order valence-corrected chi connectivity index (χ4v) is 4.32. The molecule has 1 fully saturated rings. The van der Waals surface area contributed by atoms with Crippen LogP contribution in [0.5, 0.6) is 11.5 Å². The second kappa shape index (κ2) is 11.2. The fourth-order valence-electron chi connectivity index (χ4n) is 4.10. The molecule has 0 amide bonds. The number of fused-ring (bicyclic) bond motifs is 1. The highest BCUT2D eigenvalue weighted by molar-refractivity contribution is 6.32. The number of aliphatic imine (C=N–C) groups is 2. The summed E-state index contributed by atoms with van der Waals surface area (Å²) < 4.78 is 6.09. The van der Waals surface area contributed by atoms with Gasteiger partial charge in [0.25, 0.3) is 0 Å². The van der Waals surface area contributed by atoms with Gasteiger partial charge in [0.2, 0.25) is 0 Å². The normalized spacial score (nSPS) is 17.6. The van der Waals surface area contributed by atoms with Gasteiger partial charge in [-0.05, 0) is 42.7 Å². The lowest BCUT2D eigenvalue weighted by atomic mass is 10.2. The Kier molecular flexibility index (Phi) is 7.64. The van der Waals surface area contributed by atoms with Gasteiger partial charge in [0, 0.05) is 44.1 Å². The molecule has 0 radical (unpaired) electrons. The third-order valence-corrected chi connectivity index (χ3v) is 6.40. The molecule has 192 valence electrons. The van der Waals surface area contributed by atoms with Crippen LogP contribution in [0.4, 0.5) is 22.9 Å². The molecule has 37 heavy (non-hydrogen) atoms. The zero-order chi connectivity index (χ0) is 25.8. The van der Waals surface area contributed by atoms with Crippen molar-refractivity contribution in [2.75, 3.05) is 36.8 Å². The maximum Gasteiger partial charge on any atom is 0.176 e. The molecule has 10 heteroatoms. The molecule has 0 bridgehead atoms. The topological polar surface area (TPSA) is 99.1 Å². The van der Waals surface area contributed by atoms with Gasteiger partial charge in [0.05, 0.1) is 16.9 Å². The number of rotatable bonds is 7. The molecule has 1 atom stereocenters. The molecule has 2 aliphatic heterocycles. The molecule has 5 rings (SSSR count). The summed E-state index contributed by atoms with van der Waals surface area (Å²) in [5.74, 6) is 2.27. The van der Waals surface area contributed by atoms with Crippen molar-refractivity contribution in [3.05, 3.63) is 59.0 Å². The zero-order valence-electron chi connectivity index (χ0n) is 21.2. The first-order valence-corrected chi connectivity index (χ1v) is 12.8. The number of piperazine rings is 1. The summed E-state index contributed by atoms with van der Waals surface area (Å²) in [5.41, 5.74) is 4.30. The summed E-state index contributed by atoms with van der Waals surface area (Å²) in [6.07, 6.45) is 5.11. The van der Waals surface area contributed by atoms with Crippen LogP contribution in [0.15, 0.2) is 52.7 Å². The summed E-state index contributed by atoms with van der Waals surface area (Å²) in [6, 6.07) is 11.4. The molecule has 3 aromatic rings. The summed E-state index contributed by atoms with van der Waals surface area (Å²) >= 11 is 6.61. The Morgan fingerprint density at radius 1 is 1.16 bits per heavy atom. The van der Waals surface area contributed by atoms with Crippen molar-refractivity contribution in [2.24, 2.45) is 15.9 Å². The summed E-state index contributed by atoms with van der Waals surface area (Å²) in [5, 5.41) is 10.7. The number of halogens is 1. The SMILES string of the molecule is Cc1ccc(Oc2ccc(Nc3ncnc4c3NC(N3CCNCC3)N=C4)cc2Cl)cc1N=CC(C)C. The van der Waals surface area contributed by atoms with Gasteiger partial charge in [-0.2, -0.15) is 0 Å². The molecule has 1 aromatic heterocycles. The molecule has 0 aliphatic carbocycles. The number of nitrogens with zero attached hydrogens (tertiary/aromatic N) is 5. The van der Waals surface area contributed by atoms with Crippen LogP contribution in [0.1, 0.15) is 25.1 Å². The van der Waals surface area contributed by atoms with E-state index in [4.69, 9.17) is 16.3 Å². The second-order valence-electron chi connectivity index (χ2n) is 9.41. The Morgan fingerprint density at radius 2 is 2.00 bits per heavy atom. The van der Waals surface area contributed by atoms with Crippen LogP contribution in [0, 0.1) is 12.8 Å². The highest BCUT2D eigenvalue weighted by Crippen LogP contribution is 2.36. The molecular formula is C27H31ClN8O. The van der Waals surface area contributed by atoms with Crippen LogP contribution < -0.4 is 20.7 Å². The molecule has 1 saturated heterocycles. The molecule has 2 aromatic carbocycles. The lowest BCUT2D eigenvalue weighted by Gasteiger charge is -2.35. The third-order valence-electron chi connectivity index (χ3n) is 6.10. The summed E-state index contributed by atoms with van der Waals surface area (Å²) in [6.45, 7) is 9.95. The molecule has 1 unspecified atom stereocenters. The van der Waals surface area contributed by atoms with Crippen molar-refractivity contribution in [3.8, 4) is 11.5 Å². The van der Waals surface area contributed by atoms with E-state index >= 15 is 0 Å². The van der Waals surface area contributed by atoms with Crippen LogP contribution in [0.25, 0.3) is 0 Å². The molecule has 2 aliphatic rings. The highest BCUT2D eigenvalue weighted by Gasteiger charge is 2.25. The van der Waals surface area contributed by atoms with E-state index < -0.39 is 0 Å². The number of aromatic nitrogens is 2. The maximum absolute atomic E-state index is 6.61. The van der Waals surface area contributed by atoms with E-state index in [1.54, 1.807) is 6.21 Å². The van der Waals surface area contributed by atoms with E-state index in [0.29, 0.717) is 28.3 Å². The van der Waals surface area contributed by atoms with Crippen molar-refractivity contribution in [1.29, 1.82) is 0 Å². The fraction of sp³-hybridized carbons (Fsp3) is 0.333. The van der Waals surface area contributed by atoms with E-state index in [1.165, 1.54) is 6.33 Å². The van der Waals surface area contributed by atoms with E-state index in [2.05, 4.69) is 54.7 Å². The first-order chi connectivity index (χ1) is 18.0. The van der Waals surface area contributed by atoms with E-state index in [-0.39, 0.29) is 6.29 Å². The number of benzene rings is 2. The summed E-state index contributed by atoms with van der Waals surface area (Å²) in [4.78, 5) is 20.3. The largest absolute Gasteiger partial charge is 0.456 e. The van der Waals surface area contributed by atoms with Gasteiger partial charge in [0.15, 0.2) is 12.1 Å². The average molecular weight is 519 g/mol. The van der Waals surface area contributed by atoms with Crippen molar-refractivity contribution >= 4 is 46.9 Å². The Labute approximate surface area is 222 Å². The monoisotopic (exact) mass is 518 g/mol. The quantitative estimate of drug-likeness (QED) is 0.362. The molecule has 9 nitrogen and oxygen atoms in total. The Bertz CT molecular complexity index is 1320. The van der Waals surface area contributed by atoms with Gasteiger partial charge in [-0.1, -0.05) is 31.5 Å². The molecule has 0 saturated carbocycles. The minimum Gasteiger partial charge on any atom is -0.456 e. The lowest BCUT2D eigenvalue weighted by molar-refractivity contribution is 0.194. The smallest absolute Gasteiger partial charge is 0.176 e. The lowest BCUT2D eigenvalue weighted by Crippen LogP contribution is -2.51. The number of nitrogens with one attached hydrogen (secondary N) is 3. The van der Waals surface area contributed by atoms with Gasteiger partial charge in [-0.25, -0.2) is 9.97 Å². The number of aryl methyl sites for hydroxylation is 1. The van der Waals surface area contributed by atoms with Crippen LogP contribution in [-0.4, -0.2) is 59.8 Å². The minimum atomic E-state index is -0.148. The highest BCUT2D eigenvalue weighted by atomic mass is 35.5. The Balaban J connectivity index is 1.31. The van der Waals surface area contributed by atoms with E-state index in [9.17, 15) is 0 Å². The molecule has 3 N–H and O–H groups in total. The predicted octanol–water partition coefficient (Wildman–Crippen LogP) is 5.37. The first kappa shape index (κ1) is 25.1. The van der Waals surface area contributed by atoms with Crippen molar-refractivity contribution in [1.82, 2.24) is 20.2 Å². The van der Waals surface area contributed by atoms with Gasteiger partial charge in [-0.3, -0.25) is 14.9 Å². The van der Waals surface area contributed by atoms with Gasteiger partial charge in [-0.15, -0.1) is 0 Å². The molecule has 0 spiro atoms.